The monoisotopic (exact) mass is 334 g/mol. The van der Waals surface area contributed by atoms with Crippen LogP contribution in [0, 0.1) is 0 Å². The zero-order chi connectivity index (χ0) is 13.7. The van der Waals surface area contributed by atoms with E-state index < -0.39 is 0 Å². The highest BCUT2D eigenvalue weighted by atomic mass is 79.9. The molecule has 0 heterocycles. The van der Waals surface area contributed by atoms with E-state index in [9.17, 15) is 0 Å². The van der Waals surface area contributed by atoms with E-state index in [1.54, 1.807) is 0 Å². The Balaban J connectivity index is 2.43. The average Bonchev–Trinajstić information content (AvgIpc) is 2.46. The van der Waals surface area contributed by atoms with Crippen LogP contribution in [0.25, 0.3) is 0 Å². The number of hydrogen-bond donors (Lipinski definition) is 1. The highest BCUT2D eigenvalue weighted by molar-refractivity contribution is 9.10. The molecule has 0 fully saturated rings. The van der Waals surface area contributed by atoms with E-state index in [4.69, 9.17) is 5.73 Å². The predicted octanol–water partition coefficient (Wildman–Crippen LogP) is 4.22. The van der Waals surface area contributed by atoms with Crippen LogP contribution in [-0.2, 0) is 0 Å². The van der Waals surface area contributed by atoms with Gasteiger partial charge in [-0.1, -0.05) is 70.2 Å². The summed E-state index contributed by atoms with van der Waals surface area (Å²) in [6.45, 7) is 0. The number of thioether (sulfide) groups is 1. The number of halogens is 1. The first-order valence-corrected chi connectivity index (χ1v) is 7.90. The minimum Gasteiger partial charge on any atom is -0.379 e. The number of benzene rings is 2. The van der Waals surface area contributed by atoms with E-state index in [1.165, 1.54) is 11.8 Å². The molecule has 0 aliphatic carbocycles. The molecule has 98 valence electrons. The van der Waals surface area contributed by atoms with Crippen LogP contribution in [-0.4, -0.2) is 11.4 Å². The summed E-state index contributed by atoms with van der Waals surface area (Å²) in [5, 5.41) is 0.594. The van der Waals surface area contributed by atoms with Crippen LogP contribution >= 0.6 is 27.7 Å². The largest absolute Gasteiger partial charge is 0.379 e. The van der Waals surface area contributed by atoms with Gasteiger partial charge in [0.05, 0.1) is 0 Å². The van der Waals surface area contributed by atoms with E-state index in [0.29, 0.717) is 5.17 Å². The first-order chi connectivity index (χ1) is 9.20. The van der Waals surface area contributed by atoms with Crippen LogP contribution in [0.2, 0.25) is 0 Å². The van der Waals surface area contributed by atoms with Crippen molar-refractivity contribution in [3.63, 3.8) is 0 Å². The van der Waals surface area contributed by atoms with Gasteiger partial charge in [0.15, 0.2) is 5.17 Å². The molecule has 0 aliphatic rings. The molecule has 0 aromatic heterocycles. The fourth-order valence-corrected chi connectivity index (χ4v) is 2.28. The molecular formula is C15H15BrN2S. The summed E-state index contributed by atoms with van der Waals surface area (Å²) in [6.07, 6.45) is 1.93. The lowest BCUT2D eigenvalue weighted by molar-refractivity contribution is 0.874. The normalized spacial score (nSPS) is 13.3. The Bertz CT molecular complexity index is 552. The molecule has 2 N–H and O–H groups in total. The van der Waals surface area contributed by atoms with Gasteiger partial charge in [-0.05, 0) is 29.5 Å². The van der Waals surface area contributed by atoms with Crippen molar-refractivity contribution in [1.82, 2.24) is 0 Å². The van der Waals surface area contributed by atoms with E-state index in [0.717, 1.165) is 15.6 Å². The number of rotatable bonds is 3. The van der Waals surface area contributed by atoms with Crippen LogP contribution in [0.4, 0.5) is 0 Å². The zero-order valence-corrected chi connectivity index (χ0v) is 13.0. The van der Waals surface area contributed by atoms with E-state index in [1.807, 2.05) is 36.6 Å². The fraction of sp³-hybridized carbons (Fsp3) is 0.133. The van der Waals surface area contributed by atoms with Crippen LogP contribution in [0.15, 0.2) is 64.1 Å². The lowest BCUT2D eigenvalue weighted by Gasteiger charge is -2.14. The molecule has 0 aliphatic heterocycles. The van der Waals surface area contributed by atoms with Gasteiger partial charge in [-0.25, -0.2) is 4.99 Å². The minimum atomic E-state index is -0.0539. The van der Waals surface area contributed by atoms with Crippen LogP contribution in [0.5, 0.6) is 0 Å². The SMILES string of the molecule is CSC(N)=NC(c1ccccc1)c1ccc(Br)cc1. The van der Waals surface area contributed by atoms with Gasteiger partial charge in [-0.2, -0.15) is 0 Å². The van der Waals surface area contributed by atoms with Gasteiger partial charge < -0.3 is 5.73 Å². The second-order valence-electron chi connectivity index (χ2n) is 4.04. The van der Waals surface area contributed by atoms with Gasteiger partial charge >= 0.3 is 0 Å². The molecule has 0 radical (unpaired) electrons. The van der Waals surface area contributed by atoms with Gasteiger partial charge in [0, 0.05) is 4.47 Å². The van der Waals surface area contributed by atoms with Gasteiger partial charge in [0.2, 0.25) is 0 Å². The van der Waals surface area contributed by atoms with Crippen molar-refractivity contribution in [1.29, 1.82) is 0 Å². The fourth-order valence-electron chi connectivity index (χ4n) is 1.80. The van der Waals surface area contributed by atoms with Gasteiger partial charge in [-0.3, -0.25) is 0 Å². The summed E-state index contributed by atoms with van der Waals surface area (Å²) in [5.41, 5.74) is 8.15. The first kappa shape index (κ1) is 14.2. The topological polar surface area (TPSA) is 38.4 Å². The third-order valence-corrected chi connectivity index (χ3v) is 3.82. The molecule has 2 aromatic carbocycles. The van der Waals surface area contributed by atoms with E-state index in [-0.39, 0.29) is 6.04 Å². The highest BCUT2D eigenvalue weighted by Crippen LogP contribution is 2.27. The molecule has 0 spiro atoms. The number of nitrogens with zero attached hydrogens (tertiary/aromatic N) is 1. The molecule has 1 atom stereocenters. The van der Waals surface area contributed by atoms with Crippen molar-refractivity contribution in [2.24, 2.45) is 10.7 Å². The van der Waals surface area contributed by atoms with Crippen molar-refractivity contribution < 1.29 is 0 Å². The quantitative estimate of drug-likeness (QED) is 0.674. The summed E-state index contributed by atoms with van der Waals surface area (Å²) in [6, 6.07) is 18.3. The molecule has 0 saturated heterocycles. The molecule has 0 bridgehead atoms. The van der Waals surface area contributed by atoms with Gasteiger partial charge in [0.1, 0.15) is 6.04 Å². The van der Waals surface area contributed by atoms with Crippen LogP contribution in [0.3, 0.4) is 0 Å². The third kappa shape index (κ3) is 3.85. The van der Waals surface area contributed by atoms with Crippen molar-refractivity contribution in [2.75, 3.05) is 6.26 Å². The smallest absolute Gasteiger partial charge is 0.154 e. The predicted molar refractivity (Wildman–Crippen MR) is 87.6 cm³/mol. The Kier molecular flexibility index (Phi) is 5.05. The molecule has 19 heavy (non-hydrogen) atoms. The van der Waals surface area contributed by atoms with Crippen molar-refractivity contribution in [3.05, 3.63) is 70.2 Å². The third-order valence-electron chi connectivity index (χ3n) is 2.77. The Hall–Kier alpha value is -1.26. The number of aliphatic imine (C=N–C) groups is 1. The van der Waals surface area contributed by atoms with Crippen LogP contribution < -0.4 is 5.73 Å². The summed E-state index contributed by atoms with van der Waals surface area (Å²) in [7, 11) is 0. The summed E-state index contributed by atoms with van der Waals surface area (Å²) < 4.78 is 1.06. The van der Waals surface area contributed by atoms with Crippen molar-refractivity contribution in [2.45, 2.75) is 6.04 Å². The van der Waals surface area contributed by atoms with Gasteiger partial charge in [-0.15, -0.1) is 0 Å². The number of nitrogens with two attached hydrogens (primary N) is 1. The number of hydrogen-bond acceptors (Lipinski definition) is 2. The summed E-state index contributed by atoms with van der Waals surface area (Å²) in [5.74, 6) is 0. The molecule has 4 heteroatoms. The summed E-state index contributed by atoms with van der Waals surface area (Å²) in [4.78, 5) is 4.61. The van der Waals surface area contributed by atoms with Crippen molar-refractivity contribution >= 4 is 32.9 Å². The lowest BCUT2D eigenvalue weighted by Crippen LogP contribution is -2.09. The minimum absolute atomic E-state index is 0.0539. The van der Waals surface area contributed by atoms with Crippen LogP contribution in [0.1, 0.15) is 17.2 Å². The number of amidine groups is 1. The molecular weight excluding hydrogens is 320 g/mol. The second kappa shape index (κ2) is 6.78. The summed E-state index contributed by atoms with van der Waals surface area (Å²) >= 11 is 4.91. The second-order valence-corrected chi connectivity index (χ2v) is 5.78. The van der Waals surface area contributed by atoms with E-state index in [2.05, 4.69) is 45.2 Å². The Morgan fingerprint density at radius 3 is 2.21 bits per heavy atom. The van der Waals surface area contributed by atoms with E-state index >= 15 is 0 Å². The maximum Gasteiger partial charge on any atom is 0.154 e. The van der Waals surface area contributed by atoms with Crippen molar-refractivity contribution in [3.8, 4) is 0 Å². The highest BCUT2D eigenvalue weighted by Gasteiger charge is 2.13. The average molecular weight is 335 g/mol. The van der Waals surface area contributed by atoms with Gasteiger partial charge in [0.25, 0.3) is 0 Å². The zero-order valence-electron chi connectivity index (χ0n) is 10.6. The Labute approximate surface area is 126 Å². The maximum absolute atomic E-state index is 5.88. The molecule has 1 unspecified atom stereocenters. The first-order valence-electron chi connectivity index (χ1n) is 5.88. The molecule has 2 nitrogen and oxygen atoms in total. The lowest BCUT2D eigenvalue weighted by atomic mass is 9.99. The molecule has 2 rings (SSSR count). The molecule has 0 saturated carbocycles. The Morgan fingerprint density at radius 1 is 1.05 bits per heavy atom. The Morgan fingerprint density at radius 2 is 1.63 bits per heavy atom. The maximum atomic E-state index is 5.88. The standard InChI is InChI=1S/C15H15BrN2S/c1-19-15(17)18-14(11-5-3-2-4-6-11)12-7-9-13(16)10-8-12/h2-10,14H,1H3,(H2,17,18). The molecule has 0 amide bonds. The molecule has 2 aromatic rings.